The molecule has 0 atom stereocenters. The van der Waals surface area contributed by atoms with Crippen LogP contribution in [0.1, 0.15) is 5.69 Å². The molecule has 0 radical (unpaired) electrons. The van der Waals surface area contributed by atoms with Gasteiger partial charge in [-0.05, 0) is 25.1 Å². The highest BCUT2D eigenvalue weighted by molar-refractivity contribution is 9.10. The Kier molecular flexibility index (Phi) is 2.44. The molecule has 0 aliphatic rings. The van der Waals surface area contributed by atoms with E-state index in [1.165, 1.54) is 0 Å². The second kappa shape index (κ2) is 3.96. The second-order valence-electron chi connectivity index (χ2n) is 3.90. The van der Waals surface area contributed by atoms with Gasteiger partial charge in [0.05, 0.1) is 11.4 Å². The van der Waals surface area contributed by atoms with E-state index >= 15 is 0 Å². The summed E-state index contributed by atoms with van der Waals surface area (Å²) < 4.78 is 2.93. The summed E-state index contributed by atoms with van der Waals surface area (Å²) in [6.45, 7) is 1.97. The summed E-state index contributed by atoms with van der Waals surface area (Å²) >= 11 is 3.48. The van der Waals surface area contributed by atoms with Crippen molar-refractivity contribution in [3.8, 4) is 11.3 Å². The van der Waals surface area contributed by atoms with Crippen LogP contribution < -0.4 is 0 Å². The van der Waals surface area contributed by atoms with E-state index in [0.717, 1.165) is 27.1 Å². The first kappa shape index (κ1) is 10.5. The molecule has 3 nitrogen and oxygen atoms in total. The third-order valence-corrected chi connectivity index (χ3v) is 3.09. The van der Waals surface area contributed by atoms with Crippen LogP contribution in [-0.4, -0.2) is 14.6 Å². The lowest BCUT2D eigenvalue weighted by Crippen LogP contribution is -1.95. The Morgan fingerprint density at radius 1 is 1.18 bits per heavy atom. The Hall–Kier alpha value is -1.68. The van der Waals surface area contributed by atoms with E-state index in [0.29, 0.717) is 0 Å². The van der Waals surface area contributed by atoms with Crippen LogP contribution >= 0.6 is 15.9 Å². The van der Waals surface area contributed by atoms with Gasteiger partial charge in [-0.1, -0.05) is 28.1 Å². The molecule has 0 saturated heterocycles. The minimum atomic E-state index is 0.875. The predicted octanol–water partition coefficient (Wildman–Crippen LogP) is 3.47. The van der Waals surface area contributed by atoms with Gasteiger partial charge >= 0.3 is 0 Å². The molecule has 0 aliphatic carbocycles. The molecule has 0 unspecified atom stereocenters. The van der Waals surface area contributed by atoms with Crippen LogP contribution in [-0.2, 0) is 0 Å². The third-order valence-electron chi connectivity index (χ3n) is 2.60. The Balaban J connectivity index is 2.30. The van der Waals surface area contributed by atoms with Crippen LogP contribution in [0.15, 0.2) is 47.1 Å². The molecule has 0 amide bonds. The fourth-order valence-corrected chi connectivity index (χ4v) is 2.28. The van der Waals surface area contributed by atoms with Crippen molar-refractivity contribution < 1.29 is 0 Å². The van der Waals surface area contributed by atoms with Crippen molar-refractivity contribution in [2.45, 2.75) is 6.92 Å². The third kappa shape index (κ3) is 1.85. The zero-order valence-electron chi connectivity index (χ0n) is 9.26. The van der Waals surface area contributed by atoms with E-state index in [1.54, 1.807) is 0 Å². The maximum absolute atomic E-state index is 4.46. The first-order valence-electron chi connectivity index (χ1n) is 5.31. The number of hydrogen-bond donors (Lipinski definition) is 0. The van der Waals surface area contributed by atoms with Crippen LogP contribution in [0.2, 0.25) is 0 Å². The smallest absolute Gasteiger partial charge is 0.155 e. The predicted molar refractivity (Wildman–Crippen MR) is 70.9 cm³/mol. The summed E-state index contributed by atoms with van der Waals surface area (Å²) in [5.41, 5.74) is 4.01. The molecular weight excluding hydrogens is 278 g/mol. The average molecular weight is 288 g/mol. The summed E-state index contributed by atoms with van der Waals surface area (Å²) in [6.07, 6.45) is 1.81. The summed E-state index contributed by atoms with van der Waals surface area (Å²) in [5.74, 6) is 0. The fourth-order valence-electron chi connectivity index (χ4n) is 1.88. The van der Waals surface area contributed by atoms with Crippen LogP contribution in [0.25, 0.3) is 16.9 Å². The maximum Gasteiger partial charge on any atom is 0.155 e. The summed E-state index contributed by atoms with van der Waals surface area (Å²) in [5, 5.41) is 4.46. The monoisotopic (exact) mass is 287 g/mol. The largest absolute Gasteiger partial charge is 0.237 e. The number of hydrogen-bond acceptors (Lipinski definition) is 2. The second-order valence-corrected chi connectivity index (χ2v) is 4.81. The Morgan fingerprint density at radius 3 is 2.88 bits per heavy atom. The maximum atomic E-state index is 4.46. The minimum absolute atomic E-state index is 0.875. The quantitative estimate of drug-likeness (QED) is 0.686. The van der Waals surface area contributed by atoms with Crippen LogP contribution in [0.4, 0.5) is 0 Å². The van der Waals surface area contributed by atoms with Crippen molar-refractivity contribution in [2.75, 3.05) is 0 Å². The molecule has 0 spiro atoms. The van der Waals surface area contributed by atoms with E-state index in [1.807, 2.05) is 41.9 Å². The Labute approximate surface area is 107 Å². The lowest BCUT2D eigenvalue weighted by molar-refractivity contribution is 0.925. The van der Waals surface area contributed by atoms with Crippen LogP contribution in [0.5, 0.6) is 0 Å². The molecule has 2 aromatic heterocycles. The zero-order valence-corrected chi connectivity index (χ0v) is 10.8. The van der Waals surface area contributed by atoms with E-state index in [-0.39, 0.29) is 0 Å². The van der Waals surface area contributed by atoms with Gasteiger partial charge < -0.3 is 0 Å². The SMILES string of the molecule is Cc1cc2nccc(-c3cccc(Br)c3)n2n1. The molecule has 0 fully saturated rings. The molecule has 84 valence electrons. The first-order chi connectivity index (χ1) is 8.24. The number of aromatic nitrogens is 3. The first-order valence-corrected chi connectivity index (χ1v) is 6.11. The van der Waals surface area contributed by atoms with Gasteiger partial charge in [0.15, 0.2) is 5.65 Å². The molecule has 2 heterocycles. The summed E-state index contributed by atoms with van der Waals surface area (Å²) in [6, 6.07) is 12.1. The van der Waals surface area contributed by atoms with Crippen LogP contribution in [0, 0.1) is 6.92 Å². The van der Waals surface area contributed by atoms with Crippen molar-refractivity contribution in [2.24, 2.45) is 0 Å². The van der Waals surface area contributed by atoms with E-state index < -0.39 is 0 Å². The highest BCUT2D eigenvalue weighted by Crippen LogP contribution is 2.23. The summed E-state index contributed by atoms with van der Waals surface area (Å²) in [4.78, 5) is 4.30. The lowest BCUT2D eigenvalue weighted by Gasteiger charge is -2.04. The van der Waals surface area contributed by atoms with Gasteiger partial charge in [0.2, 0.25) is 0 Å². The molecule has 0 aliphatic heterocycles. The molecular formula is C13H10BrN3. The molecule has 0 saturated carbocycles. The topological polar surface area (TPSA) is 30.2 Å². The molecule has 3 aromatic rings. The molecule has 0 N–H and O–H groups in total. The number of benzene rings is 1. The van der Waals surface area contributed by atoms with Gasteiger partial charge in [0.25, 0.3) is 0 Å². The van der Waals surface area contributed by atoms with Crippen molar-refractivity contribution in [3.63, 3.8) is 0 Å². The molecule has 3 rings (SSSR count). The van der Waals surface area contributed by atoms with Gasteiger partial charge in [-0.15, -0.1) is 0 Å². The molecule has 1 aromatic carbocycles. The molecule has 0 bridgehead atoms. The van der Waals surface area contributed by atoms with Crippen molar-refractivity contribution in [1.29, 1.82) is 0 Å². The van der Waals surface area contributed by atoms with E-state index in [9.17, 15) is 0 Å². The van der Waals surface area contributed by atoms with Gasteiger partial charge in [-0.3, -0.25) is 0 Å². The van der Waals surface area contributed by atoms with Crippen molar-refractivity contribution in [1.82, 2.24) is 14.6 Å². The number of halogens is 1. The lowest BCUT2D eigenvalue weighted by atomic mass is 10.1. The summed E-state index contributed by atoms with van der Waals surface area (Å²) in [7, 11) is 0. The van der Waals surface area contributed by atoms with Gasteiger partial charge in [0, 0.05) is 22.3 Å². The van der Waals surface area contributed by atoms with Crippen molar-refractivity contribution in [3.05, 3.63) is 52.8 Å². The van der Waals surface area contributed by atoms with E-state index in [2.05, 4.69) is 38.1 Å². The highest BCUT2D eigenvalue weighted by atomic mass is 79.9. The standard InChI is InChI=1S/C13H10BrN3/c1-9-7-13-15-6-5-12(17(13)16-9)10-3-2-4-11(14)8-10/h2-8H,1H3. The zero-order chi connectivity index (χ0) is 11.8. The number of nitrogens with zero attached hydrogens (tertiary/aromatic N) is 3. The van der Waals surface area contributed by atoms with Gasteiger partial charge in [-0.2, -0.15) is 5.10 Å². The number of fused-ring (bicyclic) bond motifs is 1. The van der Waals surface area contributed by atoms with E-state index in [4.69, 9.17) is 0 Å². The Bertz CT molecular complexity index is 688. The number of aryl methyl sites for hydroxylation is 1. The number of rotatable bonds is 1. The average Bonchev–Trinajstić information content (AvgIpc) is 2.68. The fraction of sp³-hybridized carbons (Fsp3) is 0.0769. The van der Waals surface area contributed by atoms with Gasteiger partial charge in [-0.25, -0.2) is 9.50 Å². The highest BCUT2D eigenvalue weighted by Gasteiger charge is 2.06. The molecule has 17 heavy (non-hydrogen) atoms. The minimum Gasteiger partial charge on any atom is -0.237 e. The normalized spacial score (nSPS) is 10.9. The van der Waals surface area contributed by atoms with Crippen LogP contribution in [0.3, 0.4) is 0 Å². The van der Waals surface area contributed by atoms with Gasteiger partial charge in [0.1, 0.15) is 0 Å². The van der Waals surface area contributed by atoms with Crippen molar-refractivity contribution >= 4 is 21.6 Å². The molecule has 4 heteroatoms. The Morgan fingerprint density at radius 2 is 2.06 bits per heavy atom.